The average molecular weight is 316 g/mol. The van der Waals surface area contributed by atoms with Crippen molar-refractivity contribution in [2.24, 2.45) is 5.73 Å². The predicted octanol–water partition coefficient (Wildman–Crippen LogP) is 2.35. The highest BCUT2D eigenvalue weighted by Gasteiger charge is 2.14. The molecule has 1 heterocycles. The van der Waals surface area contributed by atoms with Crippen molar-refractivity contribution in [2.75, 3.05) is 11.9 Å². The summed E-state index contributed by atoms with van der Waals surface area (Å²) in [5.74, 6) is -0.182. The summed E-state index contributed by atoms with van der Waals surface area (Å²) in [6, 6.07) is 7.52. The van der Waals surface area contributed by atoms with E-state index in [9.17, 15) is 9.59 Å². The number of ether oxygens (including phenoxy) is 1. The maximum atomic E-state index is 11.9. The number of amides is 2. The fraction of sp³-hybridized carbons (Fsp3) is 0.250. The first-order valence-corrected chi connectivity index (χ1v) is 7.93. The van der Waals surface area contributed by atoms with Crippen LogP contribution in [-0.4, -0.2) is 18.4 Å². The van der Waals surface area contributed by atoms with Crippen LogP contribution in [0.1, 0.15) is 27.9 Å². The molecule has 3 rings (SSSR count). The zero-order valence-corrected chi connectivity index (χ0v) is 12.7. The number of rotatable bonds is 5. The van der Waals surface area contributed by atoms with E-state index in [0.29, 0.717) is 16.3 Å². The van der Waals surface area contributed by atoms with Gasteiger partial charge in [-0.1, -0.05) is 6.07 Å². The molecule has 114 valence electrons. The Kier molecular flexibility index (Phi) is 4.11. The molecule has 0 saturated heterocycles. The topological polar surface area (TPSA) is 81.4 Å². The van der Waals surface area contributed by atoms with E-state index >= 15 is 0 Å². The van der Waals surface area contributed by atoms with E-state index in [2.05, 4.69) is 11.4 Å². The van der Waals surface area contributed by atoms with Crippen molar-refractivity contribution >= 4 is 28.2 Å². The molecule has 0 aliphatic heterocycles. The van der Waals surface area contributed by atoms with Crippen LogP contribution in [0, 0.1) is 0 Å². The number of carbonyl (C=O) groups excluding carboxylic acids is 2. The highest BCUT2D eigenvalue weighted by molar-refractivity contribution is 7.14. The molecule has 6 heteroatoms. The summed E-state index contributed by atoms with van der Waals surface area (Å²) >= 11 is 1.26. The Morgan fingerprint density at radius 3 is 2.86 bits per heavy atom. The average Bonchev–Trinajstić information content (AvgIpc) is 3.13. The number of fused-ring (bicyclic) bond motifs is 1. The Hall–Kier alpha value is -2.34. The van der Waals surface area contributed by atoms with Gasteiger partial charge in [-0.05, 0) is 54.0 Å². The second kappa shape index (κ2) is 6.19. The zero-order chi connectivity index (χ0) is 15.5. The maximum absolute atomic E-state index is 11.9. The van der Waals surface area contributed by atoms with Gasteiger partial charge < -0.3 is 15.8 Å². The van der Waals surface area contributed by atoms with E-state index in [1.54, 1.807) is 11.4 Å². The fourth-order valence-electron chi connectivity index (χ4n) is 2.55. The Morgan fingerprint density at radius 1 is 1.23 bits per heavy atom. The van der Waals surface area contributed by atoms with Crippen LogP contribution >= 0.6 is 11.3 Å². The third-order valence-corrected chi connectivity index (χ3v) is 4.45. The van der Waals surface area contributed by atoms with Crippen LogP contribution in [0.3, 0.4) is 0 Å². The summed E-state index contributed by atoms with van der Waals surface area (Å²) in [7, 11) is 0. The molecule has 2 aromatic rings. The quantitative estimate of drug-likeness (QED) is 0.888. The number of anilines is 1. The van der Waals surface area contributed by atoms with Crippen molar-refractivity contribution in [3.8, 4) is 5.75 Å². The molecule has 1 aromatic heterocycles. The highest BCUT2D eigenvalue weighted by atomic mass is 32.1. The van der Waals surface area contributed by atoms with Gasteiger partial charge >= 0.3 is 0 Å². The molecule has 5 nitrogen and oxygen atoms in total. The number of hydrogen-bond acceptors (Lipinski definition) is 4. The monoisotopic (exact) mass is 316 g/mol. The summed E-state index contributed by atoms with van der Waals surface area (Å²) in [5, 5.41) is 4.81. The van der Waals surface area contributed by atoms with Crippen LogP contribution in [0.4, 0.5) is 5.00 Å². The van der Waals surface area contributed by atoms with Crippen LogP contribution in [0.25, 0.3) is 0 Å². The van der Waals surface area contributed by atoms with Crippen LogP contribution in [0.15, 0.2) is 29.6 Å². The normalized spacial score (nSPS) is 12.7. The summed E-state index contributed by atoms with van der Waals surface area (Å²) in [6.45, 7) is -0.102. The summed E-state index contributed by atoms with van der Waals surface area (Å²) in [5.41, 5.74) is 8.21. The third kappa shape index (κ3) is 3.12. The molecule has 1 aliphatic carbocycles. The molecule has 2 amide bonds. The second-order valence-electron chi connectivity index (χ2n) is 5.15. The van der Waals surface area contributed by atoms with Gasteiger partial charge in [0.05, 0.1) is 5.56 Å². The molecule has 0 radical (unpaired) electrons. The molecule has 1 aliphatic rings. The van der Waals surface area contributed by atoms with E-state index < -0.39 is 5.91 Å². The molecule has 1 aromatic carbocycles. The van der Waals surface area contributed by atoms with Crippen molar-refractivity contribution in [2.45, 2.75) is 19.3 Å². The number of nitrogens with two attached hydrogens (primary N) is 1. The molecule has 0 bridgehead atoms. The van der Waals surface area contributed by atoms with Crippen LogP contribution in [0.2, 0.25) is 0 Å². The van der Waals surface area contributed by atoms with Gasteiger partial charge in [-0.2, -0.15) is 0 Å². The lowest BCUT2D eigenvalue weighted by Gasteiger charge is -2.08. The van der Waals surface area contributed by atoms with Gasteiger partial charge in [-0.15, -0.1) is 11.3 Å². The Balaban J connectivity index is 1.58. The standard InChI is InChI=1S/C16H16N2O3S/c17-15(20)13-6-7-22-16(13)18-14(19)9-21-12-5-4-10-2-1-3-11(10)8-12/h4-8H,1-3,9H2,(H2,17,20)(H,18,19). The molecule has 0 spiro atoms. The third-order valence-electron chi connectivity index (χ3n) is 3.62. The highest BCUT2D eigenvalue weighted by Crippen LogP contribution is 2.26. The van der Waals surface area contributed by atoms with Crippen LogP contribution < -0.4 is 15.8 Å². The minimum Gasteiger partial charge on any atom is -0.484 e. The Bertz CT molecular complexity index is 724. The van der Waals surface area contributed by atoms with Gasteiger partial charge in [0, 0.05) is 0 Å². The molecule has 3 N–H and O–H groups in total. The van der Waals surface area contributed by atoms with Crippen molar-refractivity contribution in [1.82, 2.24) is 0 Å². The van der Waals surface area contributed by atoms with Gasteiger partial charge in [0.15, 0.2) is 6.61 Å². The zero-order valence-electron chi connectivity index (χ0n) is 11.9. The number of nitrogens with one attached hydrogen (secondary N) is 1. The van der Waals surface area contributed by atoms with E-state index in [0.717, 1.165) is 12.8 Å². The van der Waals surface area contributed by atoms with Crippen molar-refractivity contribution in [1.29, 1.82) is 0 Å². The van der Waals surface area contributed by atoms with Crippen LogP contribution in [0.5, 0.6) is 5.75 Å². The van der Waals surface area contributed by atoms with E-state index in [-0.39, 0.29) is 12.5 Å². The number of thiophene rings is 1. The predicted molar refractivity (Wildman–Crippen MR) is 85.4 cm³/mol. The van der Waals surface area contributed by atoms with Gasteiger partial charge in [-0.3, -0.25) is 9.59 Å². The van der Waals surface area contributed by atoms with E-state index in [1.165, 1.54) is 28.9 Å². The number of benzene rings is 1. The maximum Gasteiger partial charge on any atom is 0.262 e. The summed E-state index contributed by atoms with van der Waals surface area (Å²) in [6.07, 6.45) is 3.35. The molecular formula is C16H16N2O3S. The minimum absolute atomic E-state index is 0.102. The fourth-order valence-corrected chi connectivity index (χ4v) is 3.36. The second-order valence-corrected chi connectivity index (χ2v) is 6.06. The number of aryl methyl sites for hydroxylation is 2. The van der Waals surface area contributed by atoms with Crippen LogP contribution in [-0.2, 0) is 17.6 Å². The molecule has 0 atom stereocenters. The lowest BCUT2D eigenvalue weighted by Crippen LogP contribution is -2.21. The van der Waals surface area contributed by atoms with Gasteiger partial charge in [0.2, 0.25) is 0 Å². The van der Waals surface area contributed by atoms with E-state index in [1.807, 2.05) is 12.1 Å². The molecule has 0 unspecified atom stereocenters. The first-order chi connectivity index (χ1) is 10.6. The van der Waals surface area contributed by atoms with Crippen molar-refractivity contribution in [3.63, 3.8) is 0 Å². The van der Waals surface area contributed by atoms with Gasteiger partial charge in [-0.25, -0.2) is 0 Å². The number of hydrogen-bond donors (Lipinski definition) is 2. The Morgan fingerprint density at radius 2 is 2.05 bits per heavy atom. The molecular weight excluding hydrogens is 300 g/mol. The lowest BCUT2D eigenvalue weighted by molar-refractivity contribution is -0.118. The molecule has 22 heavy (non-hydrogen) atoms. The van der Waals surface area contributed by atoms with Crippen molar-refractivity contribution in [3.05, 3.63) is 46.3 Å². The largest absolute Gasteiger partial charge is 0.484 e. The summed E-state index contributed by atoms with van der Waals surface area (Å²) < 4.78 is 5.52. The first-order valence-electron chi connectivity index (χ1n) is 7.05. The smallest absolute Gasteiger partial charge is 0.262 e. The minimum atomic E-state index is -0.559. The van der Waals surface area contributed by atoms with Gasteiger partial charge in [0.1, 0.15) is 10.8 Å². The Labute approximate surface area is 132 Å². The molecule has 0 fully saturated rings. The summed E-state index contributed by atoms with van der Waals surface area (Å²) in [4.78, 5) is 23.1. The van der Waals surface area contributed by atoms with E-state index in [4.69, 9.17) is 10.5 Å². The van der Waals surface area contributed by atoms with Gasteiger partial charge in [0.25, 0.3) is 11.8 Å². The lowest BCUT2D eigenvalue weighted by atomic mass is 10.1. The number of primary amides is 1. The van der Waals surface area contributed by atoms with Crippen molar-refractivity contribution < 1.29 is 14.3 Å². The first kappa shape index (κ1) is 14.6. The SMILES string of the molecule is NC(=O)c1ccsc1NC(=O)COc1ccc2c(c1)CCC2. The number of carbonyl (C=O) groups is 2. The molecule has 0 saturated carbocycles.